The van der Waals surface area contributed by atoms with Crippen LogP contribution >= 0.6 is 0 Å². The monoisotopic (exact) mass is 313 g/mol. The van der Waals surface area contributed by atoms with E-state index < -0.39 is 0 Å². The Morgan fingerprint density at radius 1 is 1.26 bits per heavy atom. The highest BCUT2D eigenvalue weighted by molar-refractivity contribution is 6.04. The number of ether oxygens (including phenoxy) is 1. The molecule has 3 nitrogen and oxygen atoms in total. The average Bonchev–Trinajstić information content (AvgIpc) is 3.34. The zero-order chi connectivity index (χ0) is 16.2. The van der Waals surface area contributed by atoms with Crippen LogP contribution in [0.2, 0.25) is 0 Å². The van der Waals surface area contributed by atoms with Crippen LogP contribution in [0.15, 0.2) is 42.5 Å². The molecule has 0 heterocycles. The number of carbonyl (C=O) groups excluding carboxylic acids is 1. The number of hydrogen-bond acceptors (Lipinski definition) is 2. The van der Waals surface area contributed by atoms with E-state index in [2.05, 4.69) is 5.32 Å². The Labute approximate surface area is 135 Å². The second-order valence-electron chi connectivity index (χ2n) is 6.08. The summed E-state index contributed by atoms with van der Waals surface area (Å²) < 4.78 is 19.2. The van der Waals surface area contributed by atoms with Gasteiger partial charge >= 0.3 is 0 Å². The largest absolute Gasteiger partial charge is 0.376 e. The maximum Gasteiger partial charge on any atom is 0.255 e. The van der Waals surface area contributed by atoms with E-state index in [1.807, 2.05) is 24.3 Å². The van der Waals surface area contributed by atoms with Gasteiger partial charge in [-0.25, -0.2) is 4.39 Å². The fourth-order valence-electron chi connectivity index (χ4n) is 2.30. The van der Waals surface area contributed by atoms with Crippen molar-refractivity contribution in [2.75, 3.05) is 11.9 Å². The van der Waals surface area contributed by atoms with Gasteiger partial charge in [-0.3, -0.25) is 4.79 Å². The lowest BCUT2D eigenvalue weighted by atomic mass is 10.1. The van der Waals surface area contributed by atoms with E-state index >= 15 is 0 Å². The lowest BCUT2D eigenvalue weighted by molar-refractivity contribution is 0.102. The van der Waals surface area contributed by atoms with E-state index in [-0.39, 0.29) is 11.7 Å². The summed E-state index contributed by atoms with van der Waals surface area (Å²) in [6, 6.07) is 12.0. The minimum absolute atomic E-state index is 0.309. The predicted octanol–water partition coefficient (Wildman–Crippen LogP) is 4.31. The molecule has 0 aromatic heterocycles. The van der Waals surface area contributed by atoms with Crippen molar-refractivity contribution < 1.29 is 13.9 Å². The van der Waals surface area contributed by atoms with Crippen LogP contribution in [0, 0.1) is 18.7 Å². The summed E-state index contributed by atoms with van der Waals surface area (Å²) in [5, 5.41) is 2.80. The summed E-state index contributed by atoms with van der Waals surface area (Å²) in [5.41, 5.74) is 2.53. The summed E-state index contributed by atoms with van der Waals surface area (Å²) >= 11 is 0. The normalized spacial score (nSPS) is 13.8. The molecule has 1 amide bonds. The van der Waals surface area contributed by atoms with E-state index in [0.717, 1.165) is 18.1 Å². The Kier molecular flexibility index (Phi) is 4.72. The Morgan fingerprint density at radius 2 is 2.09 bits per heavy atom. The van der Waals surface area contributed by atoms with Crippen LogP contribution in [0.4, 0.5) is 10.1 Å². The fourth-order valence-corrected chi connectivity index (χ4v) is 2.30. The first-order valence-corrected chi connectivity index (χ1v) is 7.86. The van der Waals surface area contributed by atoms with Crippen molar-refractivity contribution in [1.82, 2.24) is 0 Å². The van der Waals surface area contributed by atoms with Gasteiger partial charge in [-0.15, -0.1) is 0 Å². The minimum Gasteiger partial charge on any atom is -0.376 e. The second-order valence-corrected chi connectivity index (χ2v) is 6.08. The SMILES string of the molecule is Cc1ccc(C(=O)Nc2cccc(COCC3CC3)c2)cc1F. The first-order valence-electron chi connectivity index (χ1n) is 7.86. The third kappa shape index (κ3) is 4.39. The Balaban J connectivity index is 1.61. The van der Waals surface area contributed by atoms with Gasteiger partial charge in [0.05, 0.1) is 6.61 Å². The zero-order valence-electron chi connectivity index (χ0n) is 13.1. The first kappa shape index (κ1) is 15.7. The van der Waals surface area contributed by atoms with Gasteiger partial charge in [0.15, 0.2) is 0 Å². The van der Waals surface area contributed by atoms with Gasteiger partial charge in [-0.1, -0.05) is 18.2 Å². The molecule has 0 saturated heterocycles. The summed E-state index contributed by atoms with van der Waals surface area (Å²) in [4.78, 5) is 12.2. The standard InChI is InChI=1S/C19H20FNO2/c1-13-5-8-16(10-18(13)20)19(22)21-17-4-2-3-15(9-17)12-23-11-14-6-7-14/h2-5,8-10,14H,6-7,11-12H2,1H3,(H,21,22). The van der Waals surface area contributed by atoms with Crippen molar-refractivity contribution >= 4 is 11.6 Å². The van der Waals surface area contributed by atoms with Crippen molar-refractivity contribution in [3.63, 3.8) is 0 Å². The molecule has 4 heteroatoms. The van der Waals surface area contributed by atoms with Crippen LogP contribution in [-0.2, 0) is 11.3 Å². The molecule has 0 atom stereocenters. The number of anilines is 1. The molecule has 0 unspecified atom stereocenters. The van der Waals surface area contributed by atoms with Gasteiger partial charge in [0.1, 0.15) is 5.82 Å². The van der Waals surface area contributed by atoms with Crippen molar-refractivity contribution in [3.05, 3.63) is 65.0 Å². The molecule has 0 bridgehead atoms. The van der Waals surface area contributed by atoms with Crippen LogP contribution in [0.1, 0.15) is 34.3 Å². The van der Waals surface area contributed by atoms with Crippen LogP contribution in [0.3, 0.4) is 0 Å². The number of aryl methyl sites for hydroxylation is 1. The van der Waals surface area contributed by atoms with Crippen molar-refractivity contribution in [3.8, 4) is 0 Å². The van der Waals surface area contributed by atoms with Crippen molar-refractivity contribution in [1.29, 1.82) is 0 Å². The number of halogens is 1. The molecule has 0 aliphatic heterocycles. The Hall–Kier alpha value is -2.20. The van der Waals surface area contributed by atoms with Crippen LogP contribution in [0.5, 0.6) is 0 Å². The molecule has 1 aliphatic rings. The highest BCUT2D eigenvalue weighted by Gasteiger charge is 2.21. The topological polar surface area (TPSA) is 38.3 Å². The minimum atomic E-state index is -0.375. The maximum atomic E-state index is 13.6. The number of hydrogen-bond donors (Lipinski definition) is 1. The molecule has 1 N–H and O–H groups in total. The second kappa shape index (κ2) is 6.92. The lowest BCUT2D eigenvalue weighted by Gasteiger charge is -2.09. The summed E-state index contributed by atoms with van der Waals surface area (Å²) in [6.07, 6.45) is 2.53. The molecular formula is C19H20FNO2. The lowest BCUT2D eigenvalue weighted by Crippen LogP contribution is -2.12. The fraction of sp³-hybridized carbons (Fsp3) is 0.316. The molecule has 0 radical (unpaired) electrons. The first-order chi connectivity index (χ1) is 11.1. The summed E-state index contributed by atoms with van der Waals surface area (Å²) in [7, 11) is 0. The quantitative estimate of drug-likeness (QED) is 0.863. The number of amides is 1. The predicted molar refractivity (Wildman–Crippen MR) is 87.9 cm³/mol. The van der Waals surface area contributed by atoms with Gasteiger partial charge in [-0.05, 0) is 61.1 Å². The van der Waals surface area contributed by atoms with Crippen molar-refractivity contribution in [2.45, 2.75) is 26.4 Å². The van der Waals surface area contributed by atoms with E-state index in [1.165, 1.54) is 18.9 Å². The molecule has 120 valence electrons. The Bertz CT molecular complexity index is 710. The molecule has 3 rings (SSSR count). The molecule has 23 heavy (non-hydrogen) atoms. The van der Waals surface area contributed by atoms with Gasteiger partial charge in [0.2, 0.25) is 0 Å². The van der Waals surface area contributed by atoms with E-state index in [9.17, 15) is 9.18 Å². The average molecular weight is 313 g/mol. The number of benzene rings is 2. The van der Waals surface area contributed by atoms with Crippen LogP contribution in [-0.4, -0.2) is 12.5 Å². The number of nitrogens with one attached hydrogen (secondary N) is 1. The number of rotatable bonds is 6. The molecule has 1 saturated carbocycles. The van der Waals surface area contributed by atoms with Gasteiger partial charge in [0, 0.05) is 17.9 Å². The van der Waals surface area contributed by atoms with Crippen LogP contribution < -0.4 is 5.32 Å². The molecular weight excluding hydrogens is 293 g/mol. The smallest absolute Gasteiger partial charge is 0.255 e. The molecule has 2 aromatic rings. The summed E-state index contributed by atoms with van der Waals surface area (Å²) in [5.74, 6) is 0.0362. The molecule has 2 aromatic carbocycles. The molecule has 0 spiro atoms. The maximum absolute atomic E-state index is 13.6. The van der Waals surface area contributed by atoms with Gasteiger partial charge in [-0.2, -0.15) is 0 Å². The molecule has 1 fully saturated rings. The van der Waals surface area contributed by atoms with E-state index in [0.29, 0.717) is 23.4 Å². The van der Waals surface area contributed by atoms with Crippen molar-refractivity contribution in [2.24, 2.45) is 5.92 Å². The van der Waals surface area contributed by atoms with Crippen LogP contribution in [0.25, 0.3) is 0 Å². The molecule has 1 aliphatic carbocycles. The third-order valence-electron chi connectivity index (χ3n) is 3.94. The summed E-state index contributed by atoms with van der Waals surface area (Å²) in [6.45, 7) is 3.01. The zero-order valence-corrected chi connectivity index (χ0v) is 13.1. The van der Waals surface area contributed by atoms with E-state index in [4.69, 9.17) is 4.74 Å². The van der Waals surface area contributed by atoms with Gasteiger partial charge in [0.25, 0.3) is 5.91 Å². The highest BCUT2D eigenvalue weighted by Crippen LogP contribution is 2.29. The third-order valence-corrected chi connectivity index (χ3v) is 3.94. The number of carbonyl (C=O) groups is 1. The Morgan fingerprint density at radius 3 is 2.83 bits per heavy atom. The highest BCUT2D eigenvalue weighted by atomic mass is 19.1. The van der Waals surface area contributed by atoms with E-state index in [1.54, 1.807) is 19.1 Å². The van der Waals surface area contributed by atoms with Gasteiger partial charge < -0.3 is 10.1 Å².